The van der Waals surface area contributed by atoms with Crippen molar-refractivity contribution in [2.24, 2.45) is 16.0 Å². The molecule has 1 rings (SSSR count). The number of ketones is 1. The molecule has 0 unspecified atom stereocenters. The number of unbranched alkanes of at least 4 members (excludes halogenated alkanes) is 2. The van der Waals surface area contributed by atoms with E-state index in [-0.39, 0.29) is 30.1 Å². The lowest BCUT2D eigenvalue weighted by Crippen LogP contribution is -2.45. The fourth-order valence-electron chi connectivity index (χ4n) is 7.55. The van der Waals surface area contributed by atoms with Gasteiger partial charge in [-0.15, -0.1) is 0 Å². The Bertz CT molecular complexity index is 2490. The first-order valence-electron chi connectivity index (χ1n) is 35.0. The third-order valence-electron chi connectivity index (χ3n) is 12.0. The van der Waals surface area contributed by atoms with Crippen LogP contribution in [-0.2, 0) is 85.4 Å². The van der Waals surface area contributed by atoms with E-state index < -0.39 is 69.8 Å². The Hall–Kier alpha value is -7.06. The Kier molecular flexibility index (Phi) is 61.2. The number of hydrogen-bond acceptors (Lipinski definition) is 28. The van der Waals surface area contributed by atoms with Crippen molar-refractivity contribution in [2.75, 3.05) is 191 Å². The highest BCUT2D eigenvalue weighted by Crippen LogP contribution is 2.19. The van der Waals surface area contributed by atoms with Gasteiger partial charge in [0.25, 0.3) is 5.69 Å². The highest BCUT2D eigenvalue weighted by molar-refractivity contribution is 5.87. The Morgan fingerprint density at radius 3 is 1.05 bits per heavy atom. The number of nitrogens with one attached hydrogen (secondary N) is 4. The molecule has 6 N–H and O–H groups in total. The van der Waals surface area contributed by atoms with E-state index in [0.717, 1.165) is 0 Å². The first-order chi connectivity index (χ1) is 49.4. The number of benzene rings is 1. The maximum Gasteiger partial charge on any atom is 0.408 e. The Morgan fingerprint density at radius 1 is 0.433 bits per heavy atom. The van der Waals surface area contributed by atoms with Gasteiger partial charge in [-0.25, -0.2) is 24.0 Å². The molecule has 2 atom stereocenters. The molecule has 0 saturated carbocycles. The van der Waals surface area contributed by atoms with Crippen molar-refractivity contribution in [3.05, 3.63) is 55.3 Å². The highest BCUT2D eigenvalue weighted by atomic mass is 16.6. The summed E-state index contributed by atoms with van der Waals surface area (Å²) >= 11 is 0. The minimum Gasteiger partial charge on any atom is -0.444 e. The van der Waals surface area contributed by atoms with Gasteiger partial charge in [0.2, 0.25) is 0 Å². The minimum absolute atomic E-state index is 0.102. The number of carbonyl (C=O) groups is 6. The molecule has 37 nitrogen and oxygen atoms in total. The summed E-state index contributed by atoms with van der Waals surface area (Å²) in [4.78, 5) is 89.0. The molecular formula is C67H122N12O25. The number of Topliss-reactive ketones (excluding diaryl/α,β-unsaturated/α-hetero) is 1. The van der Waals surface area contributed by atoms with Crippen LogP contribution in [0.3, 0.4) is 0 Å². The molecule has 4 amide bonds. The molecule has 600 valence electrons. The molecule has 0 bridgehead atoms. The quantitative estimate of drug-likeness (QED) is 0.00468. The van der Waals surface area contributed by atoms with E-state index in [4.69, 9.17) is 97.3 Å². The van der Waals surface area contributed by atoms with Crippen molar-refractivity contribution in [1.29, 1.82) is 0 Å². The van der Waals surface area contributed by atoms with Crippen LogP contribution in [-0.4, -0.2) is 267 Å². The van der Waals surface area contributed by atoms with Gasteiger partial charge in [-0.3, -0.25) is 14.9 Å². The van der Waals surface area contributed by atoms with Gasteiger partial charge in [-0.1, -0.05) is 10.2 Å². The SMILES string of the molecule is CC(C)(C)OC(=O)NCCCC[C@H](NC(=O)OC(C)(C)C)C(=O)CCCOCCOCCOCCOCCOCCOCCN=[N+]=[N-].CC(C)(C)OC(=O)NCCCC[C@H](NC(=O)OC(C)(C)C)C(=O)Oc1ccc([N+](=O)[O-])cc1.[N-]=[N+]=NCCOCCOCCOCCOCCOCCOCCN. The van der Waals surface area contributed by atoms with Crippen LogP contribution in [0.5, 0.6) is 5.75 Å². The third kappa shape index (κ3) is 71.9. The van der Waals surface area contributed by atoms with Crippen molar-refractivity contribution >= 4 is 41.8 Å². The lowest BCUT2D eigenvalue weighted by atomic mass is 10.0. The molecule has 0 saturated heterocycles. The normalized spacial score (nSPS) is 11.9. The van der Waals surface area contributed by atoms with E-state index in [1.54, 1.807) is 83.1 Å². The van der Waals surface area contributed by atoms with E-state index in [1.165, 1.54) is 24.3 Å². The summed E-state index contributed by atoms with van der Waals surface area (Å²) in [5.74, 6) is -0.738. The monoisotopic (exact) mass is 1490 g/mol. The number of nitro groups is 1. The van der Waals surface area contributed by atoms with Gasteiger partial charge < -0.3 is 108 Å². The van der Waals surface area contributed by atoms with Gasteiger partial charge >= 0.3 is 30.3 Å². The Morgan fingerprint density at radius 2 is 0.731 bits per heavy atom. The number of carbonyl (C=O) groups excluding carboxylic acids is 6. The molecule has 0 radical (unpaired) electrons. The fourth-order valence-corrected chi connectivity index (χ4v) is 7.55. The average molecular weight is 1500 g/mol. The standard InChI is InChI=1S/C31H59N5O11.C22H33N3O8.C14H30N4O6/c1-30(2,3)46-28(38)33-12-8-7-10-26(35-29(39)47-31(4,5)6)27(37)11-9-14-40-16-18-42-20-22-44-24-25-45-23-21-43-19-17-41-15-13-34-36-32;1-21(2,3)32-19(27)23-14-8-7-9-17(24-20(28)33-22(4,5)6)18(26)31-16-12-10-15(11-13-16)25(29)30;15-1-3-19-5-7-21-9-11-23-13-14-24-12-10-22-8-6-20-4-2-17-18-16/h26H,7-25H2,1-6H3,(H,33,38)(H,35,39);10-13,17H,7-9,14H2,1-6H3,(H,23,27)(H,24,28);1-15H2/t26-;17-;/m00./s1. The maximum atomic E-state index is 12.9. The van der Waals surface area contributed by atoms with E-state index in [0.29, 0.717) is 230 Å². The van der Waals surface area contributed by atoms with Gasteiger partial charge in [0, 0.05) is 67.7 Å². The van der Waals surface area contributed by atoms with Crippen molar-refractivity contribution in [3.8, 4) is 5.75 Å². The van der Waals surface area contributed by atoms with Crippen molar-refractivity contribution in [2.45, 2.75) is 169 Å². The van der Waals surface area contributed by atoms with Gasteiger partial charge in [-0.2, -0.15) is 0 Å². The van der Waals surface area contributed by atoms with Crippen LogP contribution < -0.4 is 31.7 Å². The van der Waals surface area contributed by atoms with Crippen molar-refractivity contribution in [3.63, 3.8) is 0 Å². The van der Waals surface area contributed by atoms with Gasteiger partial charge in [0.05, 0.1) is 163 Å². The first kappa shape index (κ1) is 99.0. The summed E-state index contributed by atoms with van der Waals surface area (Å²) in [7, 11) is 0. The summed E-state index contributed by atoms with van der Waals surface area (Å²) < 4.78 is 90.3. The van der Waals surface area contributed by atoms with Crippen LogP contribution in [0.15, 0.2) is 34.5 Å². The molecule has 0 aliphatic rings. The molecule has 104 heavy (non-hydrogen) atoms. The molecule has 0 fully saturated rings. The Balaban J connectivity index is 0. The molecule has 1 aromatic rings. The summed E-state index contributed by atoms with van der Waals surface area (Å²) in [5.41, 5.74) is 18.7. The summed E-state index contributed by atoms with van der Waals surface area (Å²) in [6, 6.07) is 3.30. The number of nitrogens with two attached hydrogens (primary N) is 1. The lowest BCUT2D eigenvalue weighted by molar-refractivity contribution is -0.384. The number of ether oxygens (including phenoxy) is 17. The molecule has 0 aromatic heterocycles. The third-order valence-corrected chi connectivity index (χ3v) is 12.0. The average Bonchev–Trinajstić information content (AvgIpc) is 0.873. The molecule has 37 heteroatoms. The first-order valence-corrected chi connectivity index (χ1v) is 35.0. The second-order valence-corrected chi connectivity index (χ2v) is 26.0. The molecule has 0 aliphatic carbocycles. The molecule has 0 spiro atoms. The molecule has 1 aromatic carbocycles. The number of esters is 1. The minimum atomic E-state index is -1.02. The van der Waals surface area contributed by atoms with E-state index in [9.17, 15) is 38.9 Å². The lowest BCUT2D eigenvalue weighted by Gasteiger charge is -2.23. The van der Waals surface area contributed by atoms with Gasteiger partial charge in [0.15, 0.2) is 5.78 Å². The topological polar surface area (TPSA) is 474 Å². The number of nitro benzene ring substituents is 1. The summed E-state index contributed by atoms with van der Waals surface area (Å²) in [5, 5.41) is 28.0. The van der Waals surface area contributed by atoms with Gasteiger partial charge in [-0.05, 0) is 151 Å². The van der Waals surface area contributed by atoms with E-state index in [2.05, 4.69) is 41.3 Å². The number of azide groups is 2. The zero-order chi connectivity index (χ0) is 78.0. The predicted molar refractivity (Wildman–Crippen MR) is 382 cm³/mol. The zero-order valence-electron chi connectivity index (χ0n) is 63.5. The van der Waals surface area contributed by atoms with Crippen LogP contribution >= 0.6 is 0 Å². The Labute approximate surface area is 612 Å². The van der Waals surface area contributed by atoms with Crippen LogP contribution in [0.4, 0.5) is 24.9 Å². The van der Waals surface area contributed by atoms with Crippen LogP contribution in [0.25, 0.3) is 20.9 Å². The van der Waals surface area contributed by atoms with Gasteiger partial charge in [0.1, 0.15) is 34.2 Å². The maximum absolute atomic E-state index is 12.9. The summed E-state index contributed by atoms with van der Waals surface area (Å²) in [6.45, 7) is 34.2. The second-order valence-electron chi connectivity index (χ2n) is 26.0. The van der Waals surface area contributed by atoms with Crippen molar-refractivity contribution in [1.82, 2.24) is 21.3 Å². The van der Waals surface area contributed by atoms with E-state index >= 15 is 0 Å². The number of hydrogen-bond donors (Lipinski definition) is 5. The van der Waals surface area contributed by atoms with Crippen LogP contribution in [0.1, 0.15) is 134 Å². The predicted octanol–water partition coefficient (Wildman–Crippen LogP) is 8.78. The fraction of sp³-hybridized carbons (Fsp3) is 0.821. The number of non-ortho nitro benzene ring substituents is 1. The number of amides is 4. The van der Waals surface area contributed by atoms with Crippen LogP contribution in [0, 0.1) is 10.1 Å². The number of alkyl carbamates (subject to hydrolysis) is 4. The number of rotatable bonds is 58. The highest BCUT2D eigenvalue weighted by Gasteiger charge is 2.27. The van der Waals surface area contributed by atoms with Crippen molar-refractivity contribution < 1.29 is 114 Å². The molecular weight excluding hydrogens is 1370 g/mol. The smallest absolute Gasteiger partial charge is 0.408 e. The molecule has 0 heterocycles. The number of nitrogens with zero attached hydrogens (tertiary/aromatic N) is 7. The second kappa shape index (κ2) is 64.3. The largest absolute Gasteiger partial charge is 0.444 e. The zero-order valence-corrected chi connectivity index (χ0v) is 63.5. The molecule has 0 aliphatic heterocycles. The van der Waals surface area contributed by atoms with E-state index in [1.807, 2.05) is 0 Å². The summed E-state index contributed by atoms with van der Waals surface area (Å²) in [6.07, 6.45) is 1.18. The van der Waals surface area contributed by atoms with Crippen LogP contribution in [0.2, 0.25) is 0 Å².